The van der Waals surface area contributed by atoms with Crippen LogP contribution in [0.5, 0.6) is 0 Å². The Labute approximate surface area is 138 Å². The van der Waals surface area contributed by atoms with Crippen molar-refractivity contribution >= 4 is 0 Å². The number of hydrogen-bond donors (Lipinski definition) is 2. The van der Waals surface area contributed by atoms with E-state index < -0.39 is 0 Å². The maximum Gasteiger partial charge on any atom is 3.00 e. The van der Waals surface area contributed by atoms with E-state index in [-0.39, 0.29) is 58.7 Å². The second-order valence-corrected chi connectivity index (χ2v) is 4.91. The SMILES string of the molecule is CC(CCO)=C1[C-]=C(NC(C)(C)C)C=C1.[Cl-].[Cl-].[Ti+3]. The number of nitrogens with one attached hydrogen (secondary N) is 1. The predicted octanol–water partition coefficient (Wildman–Crippen LogP) is -3.66. The van der Waals surface area contributed by atoms with Crippen molar-refractivity contribution in [2.45, 2.75) is 39.7 Å². The van der Waals surface area contributed by atoms with Crippen LogP contribution in [0.1, 0.15) is 34.1 Å². The Morgan fingerprint density at radius 3 is 2.28 bits per heavy atom. The maximum absolute atomic E-state index is 8.84. The molecule has 1 rings (SSSR count). The van der Waals surface area contributed by atoms with Crippen LogP contribution in [-0.2, 0) is 21.7 Å². The Bertz CT molecular complexity index is 330. The van der Waals surface area contributed by atoms with Crippen molar-refractivity contribution in [2.75, 3.05) is 6.61 Å². The molecule has 0 fully saturated rings. The van der Waals surface area contributed by atoms with Gasteiger partial charge in [-0.2, -0.15) is 17.7 Å². The molecule has 18 heavy (non-hydrogen) atoms. The molecule has 0 aromatic rings. The van der Waals surface area contributed by atoms with Crippen LogP contribution in [0.3, 0.4) is 0 Å². The Hall–Kier alpha value is 0.274. The van der Waals surface area contributed by atoms with Gasteiger partial charge in [-0.1, -0.05) is 12.6 Å². The van der Waals surface area contributed by atoms with Crippen LogP contribution in [0, 0.1) is 6.08 Å². The first-order valence-corrected chi connectivity index (χ1v) is 5.33. The monoisotopic (exact) mass is 324 g/mol. The van der Waals surface area contributed by atoms with Crippen molar-refractivity contribution in [3.8, 4) is 0 Å². The topological polar surface area (TPSA) is 32.3 Å². The molecule has 101 valence electrons. The van der Waals surface area contributed by atoms with Crippen LogP contribution < -0.4 is 30.1 Å². The standard InChI is InChI=1S/C13H20NO.2ClH.Ti/c1-10(7-8-15)11-5-6-12(9-11)14-13(2,3)4;;;/h5-6,14-15H,7-8H2,1-4H3;2*1H;/q-1;;;+3/p-2. The second-order valence-electron chi connectivity index (χ2n) is 4.91. The molecule has 0 spiro atoms. The summed E-state index contributed by atoms with van der Waals surface area (Å²) >= 11 is 0. The summed E-state index contributed by atoms with van der Waals surface area (Å²) < 4.78 is 0. The molecule has 0 aromatic carbocycles. The van der Waals surface area contributed by atoms with Crippen LogP contribution in [0.2, 0.25) is 0 Å². The molecule has 0 aromatic heterocycles. The van der Waals surface area contributed by atoms with E-state index in [1.165, 1.54) is 5.57 Å². The van der Waals surface area contributed by atoms with E-state index in [1.54, 1.807) is 0 Å². The van der Waals surface area contributed by atoms with Gasteiger partial charge in [0.1, 0.15) is 0 Å². The minimum atomic E-state index is 0. The molecule has 0 atom stereocenters. The molecule has 5 heteroatoms. The number of aliphatic hydroxyl groups excluding tert-OH is 1. The van der Waals surface area contributed by atoms with Crippen LogP contribution in [0.25, 0.3) is 0 Å². The average molecular weight is 325 g/mol. The van der Waals surface area contributed by atoms with E-state index in [9.17, 15) is 0 Å². The summed E-state index contributed by atoms with van der Waals surface area (Å²) in [6, 6.07) is 0. The van der Waals surface area contributed by atoms with Gasteiger partial charge in [-0.15, -0.1) is 11.6 Å². The number of allylic oxidation sites excluding steroid dienone is 4. The van der Waals surface area contributed by atoms with E-state index in [0.717, 1.165) is 17.7 Å². The van der Waals surface area contributed by atoms with E-state index >= 15 is 0 Å². The van der Waals surface area contributed by atoms with Crippen molar-refractivity contribution < 1.29 is 51.6 Å². The first-order chi connectivity index (χ1) is 6.92. The molecule has 0 saturated carbocycles. The summed E-state index contributed by atoms with van der Waals surface area (Å²) in [5, 5.41) is 12.2. The van der Waals surface area contributed by atoms with Crippen molar-refractivity contribution in [1.29, 1.82) is 0 Å². The molecule has 0 unspecified atom stereocenters. The number of hydrogen-bond acceptors (Lipinski definition) is 2. The third-order valence-corrected chi connectivity index (χ3v) is 2.14. The zero-order valence-electron chi connectivity index (χ0n) is 11.3. The molecule has 1 aliphatic rings. The largest absolute Gasteiger partial charge is 3.00 e. The number of halogens is 2. The summed E-state index contributed by atoms with van der Waals surface area (Å²) in [5.41, 5.74) is 3.36. The molecular weight excluding hydrogens is 305 g/mol. The second kappa shape index (κ2) is 10.1. The van der Waals surface area contributed by atoms with E-state index in [4.69, 9.17) is 5.11 Å². The molecule has 0 heterocycles. The molecular formula is C13H20Cl2NOTi. The molecule has 0 aliphatic heterocycles. The zero-order valence-corrected chi connectivity index (χ0v) is 14.3. The van der Waals surface area contributed by atoms with Crippen LogP contribution in [-0.4, -0.2) is 17.3 Å². The first kappa shape index (κ1) is 23.4. The molecule has 2 nitrogen and oxygen atoms in total. The average Bonchev–Trinajstić information content (AvgIpc) is 2.50. The number of rotatable bonds is 3. The van der Waals surface area contributed by atoms with Gasteiger partial charge in [-0.05, 0) is 27.2 Å². The Kier molecular flexibility index (Phi) is 13.1. The van der Waals surface area contributed by atoms with Crippen LogP contribution in [0.15, 0.2) is 29.0 Å². The van der Waals surface area contributed by atoms with Gasteiger partial charge >= 0.3 is 21.7 Å². The van der Waals surface area contributed by atoms with Crippen LogP contribution >= 0.6 is 0 Å². The zero-order chi connectivity index (χ0) is 11.5. The van der Waals surface area contributed by atoms with Gasteiger partial charge in [0.15, 0.2) is 0 Å². The van der Waals surface area contributed by atoms with E-state index in [0.29, 0.717) is 0 Å². The molecule has 0 bridgehead atoms. The van der Waals surface area contributed by atoms with E-state index in [2.05, 4.69) is 32.2 Å². The quantitative estimate of drug-likeness (QED) is 0.414. The summed E-state index contributed by atoms with van der Waals surface area (Å²) in [6.07, 6.45) is 8.08. The van der Waals surface area contributed by atoms with Gasteiger partial charge in [0.2, 0.25) is 0 Å². The van der Waals surface area contributed by atoms with Gasteiger partial charge in [0.05, 0.1) is 0 Å². The fourth-order valence-electron chi connectivity index (χ4n) is 1.42. The van der Waals surface area contributed by atoms with Crippen molar-refractivity contribution in [3.05, 3.63) is 35.1 Å². The van der Waals surface area contributed by atoms with Crippen molar-refractivity contribution in [1.82, 2.24) is 5.32 Å². The Morgan fingerprint density at radius 1 is 1.28 bits per heavy atom. The smallest absolute Gasteiger partial charge is 1.00 e. The van der Waals surface area contributed by atoms with Crippen molar-refractivity contribution in [3.63, 3.8) is 0 Å². The maximum atomic E-state index is 8.84. The van der Waals surface area contributed by atoms with E-state index in [1.807, 2.05) is 19.1 Å². The van der Waals surface area contributed by atoms with Gasteiger partial charge < -0.3 is 35.2 Å². The molecule has 1 radical (unpaired) electrons. The van der Waals surface area contributed by atoms with Crippen LogP contribution in [0.4, 0.5) is 0 Å². The minimum absolute atomic E-state index is 0. The predicted molar refractivity (Wildman–Crippen MR) is 63.2 cm³/mol. The summed E-state index contributed by atoms with van der Waals surface area (Å²) in [7, 11) is 0. The molecule has 0 saturated heterocycles. The first-order valence-electron chi connectivity index (χ1n) is 5.33. The summed E-state index contributed by atoms with van der Waals surface area (Å²) in [6.45, 7) is 8.60. The fourth-order valence-corrected chi connectivity index (χ4v) is 1.42. The fraction of sp³-hybridized carbons (Fsp3) is 0.538. The minimum Gasteiger partial charge on any atom is -1.00 e. The van der Waals surface area contributed by atoms with Crippen molar-refractivity contribution in [2.24, 2.45) is 0 Å². The molecule has 2 N–H and O–H groups in total. The van der Waals surface area contributed by atoms with Gasteiger partial charge in [-0.25, -0.2) is 0 Å². The Balaban J connectivity index is -0.000000750. The third kappa shape index (κ3) is 8.39. The van der Waals surface area contributed by atoms with Gasteiger partial charge in [-0.3, -0.25) is 0 Å². The Morgan fingerprint density at radius 2 is 1.83 bits per heavy atom. The molecule has 0 amide bonds. The van der Waals surface area contributed by atoms with Gasteiger partial charge in [0, 0.05) is 12.1 Å². The number of aliphatic hydroxyl groups is 1. The summed E-state index contributed by atoms with van der Waals surface area (Å²) in [5.74, 6) is 0. The third-order valence-electron chi connectivity index (χ3n) is 2.14. The molecule has 1 aliphatic carbocycles. The normalized spacial score (nSPS) is 15.9. The summed E-state index contributed by atoms with van der Waals surface area (Å²) in [4.78, 5) is 0. The van der Waals surface area contributed by atoms with Gasteiger partial charge in [0.25, 0.3) is 0 Å².